The Hall–Kier alpha value is -9.88. The molecule has 14 rings (SSSR count). The van der Waals surface area contributed by atoms with E-state index in [1.54, 1.807) is 59.2 Å². The molecule has 0 spiro atoms. The summed E-state index contributed by atoms with van der Waals surface area (Å²) in [6, 6.07) is 52.9. The van der Waals surface area contributed by atoms with Gasteiger partial charge in [0, 0.05) is 86.2 Å². The Morgan fingerprint density at radius 2 is 0.917 bits per heavy atom. The molecule has 96 heavy (non-hydrogen) atoms. The molecule has 24 heteroatoms. The van der Waals surface area contributed by atoms with E-state index < -0.39 is 11.6 Å². The molecule has 7 atom stereocenters. The van der Waals surface area contributed by atoms with Crippen LogP contribution in [0.25, 0.3) is 11.4 Å². The Balaban J connectivity index is 0.000000174. The number of ether oxygens (including phenoxy) is 6. The van der Waals surface area contributed by atoms with Crippen molar-refractivity contribution in [3.05, 3.63) is 227 Å². The Morgan fingerprint density at radius 1 is 0.490 bits per heavy atom. The van der Waals surface area contributed by atoms with Gasteiger partial charge in [-0.25, -0.2) is 28.1 Å². The third-order valence-corrected chi connectivity index (χ3v) is 18.6. The lowest BCUT2D eigenvalue weighted by molar-refractivity contribution is -0.198. The SMILES string of the molecule is CCC(C)n1nc(C)n(-c2ccc(N3CCN(c4ccc(OC[C@@H]5CO[C@@](Cn6nccn6)(c6ccccc6)O5)cc4)CC3)cc2)c1=O.CCC(C)n1ncn(-c2ccc(N3CCN(c4ccc(OC[C@H]5O[C@](Cn6nccn6)(c6ccccc6)OC5C)cc4)CC3)cc2)c1=O. The molecule has 4 fully saturated rings. The van der Waals surface area contributed by atoms with Crippen LogP contribution in [0.1, 0.15) is 76.5 Å². The number of aryl methyl sites for hydroxylation is 1. The second-order valence-corrected chi connectivity index (χ2v) is 24.8. The topological polar surface area (TPSA) is 209 Å². The smallest absolute Gasteiger partial charge is 0.350 e. The van der Waals surface area contributed by atoms with Crippen LogP contribution in [0.2, 0.25) is 0 Å². The summed E-state index contributed by atoms with van der Waals surface area (Å²) >= 11 is 0. The van der Waals surface area contributed by atoms with Crippen LogP contribution in [0.15, 0.2) is 198 Å². The van der Waals surface area contributed by atoms with Crippen molar-refractivity contribution in [3.8, 4) is 22.9 Å². The van der Waals surface area contributed by atoms with E-state index in [4.69, 9.17) is 28.4 Å². The summed E-state index contributed by atoms with van der Waals surface area (Å²) in [5, 5.41) is 25.9. The summed E-state index contributed by atoms with van der Waals surface area (Å²) < 4.78 is 44.5. The molecule has 4 saturated heterocycles. The number of rotatable bonds is 22. The predicted octanol–water partition coefficient (Wildman–Crippen LogP) is 9.24. The highest BCUT2D eigenvalue weighted by Crippen LogP contribution is 2.40. The fourth-order valence-electron chi connectivity index (χ4n) is 12.8. The van der Waals surface area contributed by atoms with Crippen LogP contribution >= 0.6 is 0 Å². The highest BCUT2D eigenvalue weighted by molar-refractivity contribution is 5.57. The summed E-state index contributed by atoms with van der Waals surface area (Å²) in [4.78, 5) is 38.5. The zero-order valence-corrected chi connectivity index (χ0v) is 55.3. The molecule has 10 aromatic rings. The largest absolute Gasteiger partial charge is 0.491 e. The number of anilines is 4. The van der Waals surface area contributed by atoms with Crippen LogP contribution in [0.4, 0.5) is 22.7 Å². The fourth-order valence-corrected chi connectivity index (χ4v) is 12.8. The van der Waals surface area contributed by atoms with Gasteiger partial charge in [0.2, 0.25) is 11.6 Å². The molecule has 500 valence electrons. The number of benzene rings is 6. The molecule has 0 bridgehead atoms. The summed E-state index contributed by atoms with van der Waals surface area (Å²) in [7, 11) is 0. The van der Waals surface area contributed by atoms with Gasteiger partial charge in [-0.2, -0.15) is 40.2 Å². The third-order valence-electron chi connectivity index (χ3n) is 18.6. The number of hydrogen-bond donors (Lipinski definition) is 0. The lowest BCUT2D eigenvalue weighted by Gasteiger charge is -2.37. The first kappa shape index (κ1) is 64.8. The molecular formula is C72H84N16O8. The molecule has 8 heterocycles. The van der Waals surface area contributed by atoms with E-state index in [1.807, 2.05) is 137 Å². The maximum atomic E-state index is 13.0. The average molecular weight is 1300 g/mol. The van der Waals surface area contributed by atoms with E-state index in [-0.39, 0.29) is 41.8 Å². The normalized spacial score (nSPS) is 21.0. The van der Waals surface area contributed by atoms with Crippen molar-refractivity contribution >= 4 is 22.7 Å². The molecule has 24 nitrogen and oxygen atoms in total. The Bertz CT molecular complexity index is 4190. The first-order valence-corrected chi connectivity index (χ1v) is 33.3. The van der Waals surface area contributed by atoms with E-state index in [0.717, 1.165) is 111 Å². The summed E-state index contributed by atoms with van der Waals surface area (Å²) in [6.45, 7) is 21.1. The molecule has 4 aromatic heterocycles. The predicted molar refractivity (Wildman–Crippen MR) is 366 cm³/mol. The van der Waals surface area contributed by atoms with Gasteiger partial charge in [-0.05, 0) is 138 Å². The van der Waals surface area contributed by atoms with Gasteiger partial charge in [-0.3, -0.25) is 0 Å². The second-order valence-electron chi connectivity index (χ2n) is 24.8. The monoisotopic (exact) mass is 1300 g/mol. The minimum atomic E-state index is -1.00. The zero-order chi connectivity index (χ0) is 66.2. The van der Waals surface area contributed by atoms with Crippen molar-refractivity contribution in [2.45, 2.75) is 109 Å². The van der Waals surface area contributed by atoms with Gasteiger partial charge < -0.3 is 48.0 Å². The van der Waals surface area contributed by atoms with Crippen molar-refractivity contribution in [2.75, 3.05) is 91.8 Å². The van der Waals surface area contributed by atoms with Crippen LogP contribution in [0.5, 0.6) is 11.5 Å². The lowest BCUT2D eigenvalue weighted by atomic mass is 10.1. The Kier molecular flexibility index (Phi) is 19.6. The second kappa shape index (κ2) is 29.0. The molecule has 4 aliphatic heterocycles. The number of nitrogens with zero attached hydrogens (tertiary/aromatic N) is 16. The fraction of sp³-hybridized carbons (Fsp3) is 0.389. The van der Waals surface area contributed by atoms with Crippen molar-refractivity contribution in [3.63, 3.8) is 0 Å². The number of piperazine rings is 2. The van der Waals surface area contributed by atoms with Crippen molar-refractivity contribution < 1.29 is 28.4 Å². The van der Waals surface area contributed by atoms with Crippen LogP contribution in [-0.4, -0.2) is 149 Å². The molecule has 0 N–H and O–H groups in total. The number of hydrogen-bond acceptors (Lipinski definition) is 18. The Labute approximate surface area is 558 Å². The van der Waals surface area contributed by atoms with E-state index in [1.165, 1.54) is 11.4 Å². The maximum Gasteiger partial charge on any atom is 0.350 e. The summed E-state index contributed by atoms with van der Waals surface area (Å²) in [5.41, 5.74) is 7.93. The highest BCUT2D eigenvalue weighted by Gasteiger charge is 2.49. The Morgan fingerprint density at radius 3 is 1.41 bits per heavy atom. The van der Waals surface area contributed by atoms with Crippen LogP contribution in [0, 0.1) is 6.92 Å². The van der Waals surface area contributed by atoms with Crippen LogP contribution in [-0.2, 0) is 43.6 Å². The van der Waals surface area contributed by atoms with Gasteiger partial charge in [-0.15, -0.1) is 0 Å². The average Bonchev–Trinajstić information content (AvgIpc) is 1.62. The van der Waals surface area contributed by atoms with Crippen LogP contribution in [0.3, 0.4) is 0 Å². The third kappa shape index (κ3) is 14.2. The van der Waals surface area contributed by atoms with Crippen molar-refractivity contribution in [1.82, 2.24) is 58.7 Å². The molecule has 4 aliphatic rings. The standard InChI is InChI=1S/2C36H42N8O4/c1-4-27(2)44-35(45)42(26-39-44)32-12-10-30(11-13-32)40-20-22-41(23-21-40)31-14-16-33(17-15-31)46-24-34-28(3)47-36(48-34,25-43-37-18-19-38-43)29-8-6-5-7-9-29;1-4-27(2)44-35(45)43(28(3)39-44)32-12-10-30(11-13-32)40-20-22-41(23-21-40)31-14-16-33(17-15-31)46-24-34-25-47-36(48-34,26-42-37-18-19-38-42)29-8-6-5-7-9-29/h5-19,26-28,34H,4,20-25H2,1-3H3;5-19,27,34H,4,20-26H2,1-3H3/t27?,28?,34-,36-;27?,34-,36-/m11/s1. The molecule has 0 saturated carbocycles. The number of aromatic nitrogens is 12. The van der Waals surface area contributed by atoms with Crippen LogP contribution < -0.4 is 40.5 Å². The minimum absolute atomic E-state index is 0.0663. The maximum absolute atomic E-state index is 13.0. The first-order chi connectivity index (χ1) is 46.8. The van der Waals surface area contributed by atoms with E-state index in [9.17, 15) is 9.59 Å². The molecule has 0 radical (unpaired) electrons. The quantitative estimate of drug-likeness (QED) is 0.0619. The molecule has 0 amide bonds. The van der Waals surface area contributed by atoms with E-state index >= 15 is 0 Å². The zero-order valence-electron chi connectivity index (χ0n) is 55.3. The summed E-state index contributed by atoms with van der Waals surface area (Å²) in [5.74, 6) is 0.295. The van der Waals surface area contributed by atoms with Gasteiger partial charge in [0.05, 0.1) is 61.0 Å². The molecular weight excluding hydrogens is 1220 g/mol. The van der Waals surface area contributed by atoms with Gasteiger partial charge in [0.1, 0.15) is 62.2 Å². The van der Waals surface area contributed by atoms with Crippen molar-refractivity contribution in [1.29, 1.82) is 0 Å². The van der Waals surface area contributed by atoms with E-state index in [2.05, 4.69) is 113 Å². The minimum Gasteiger partial charge on any atom is -0.491 e. The van der Waals surface area contributed by atoms with Gasteiger partial charge in [0.15, 0.2) is 0 Å². The molecule has 3 unspecified atom stereocenters. The van der Waals surface area contributed by atoms with E-state index in [0.29, 0.717) is 38.7 Å². The molecule has 0 aliphatic carbocycles. The van der Waals surface area contributed by atoms with Gasteiger partial charge in [0.25, 0.3) is 0 Å². The van der Waals surface area contributed by atoms with Crippen molar-refractivity contribution in [2.24, 2.45) is 0 Å². The highest BCUT2D eigenvalue weighted by atomic mass is 16.8. The van der Waals surface area contributed by atoms with Gasteiger partial charge >= 0.3 is 11.4 Å². The first-order valence-electron chi connectivity index (χ1n) is 33.3. The lowest BCUT2D eigenvalue weighted by Crippen LogP contribution is -2.46. The van der Waals surface area contributed by atoms with Gasteiger partial charge in [-0.1, -0.05) is 74.5 Å². The molecule has 6 aromatic carbocycles. The summed E-state index contributed by atoms with van der Waals surface area (Å²) in [6.07, 6.45) is 9.21.